The molecule has 8 heteroatoms. The number of benzene rings is 1. The number of rotatable bonds is 6. The molecule has 27 heavy (non-hydrogen) atoms. The zero-order valence-corrected chi connectivity index (χ0v) is 16.4. The van der Waals surface area contributed by atoms with Crippen LogP contribution in [0.3, 0.4) is 0 Å². The van der Waals surface area contributed by atoms with Gasteiger partial charge >= 0.3 is 0 Å². The highest BCUT2D eigenvalue weighted by molar-refractivity contribution is 7.18. The highest BCUT2D eigenvalue weighted by atomic mass is 35.5. The number of hydrogen-bond acceptors (Lipinski definition) is 7. The molecule has 1 aliphatic heterocycles. The van der Waals surface area contributed by atoms with Crippen LogP contribution in [0.2, 0.25) is 5.02 Å². The molecular weight excluding hydrogens is 382 g/mol. The van der Waals surface area contributed by atoms with E-state index in [4.69, 9.17) is 16.3 Å². The minimum atomic E-state index is 0.671. The van der Waals surface area contributed by atoms with E-state index in [2.05, 4.69) is 25.0 Å². The first-order chi connectivity index (χ1) is 13.3. The highest BCUT2D eigenvalue weighted by Crippen LogP contribution is 2.27. The van der Waals surface area contributed by atoms with E-state index in [1.165, 1.54) is 0 Å². The molecule has 1 aromatic carbocycles. The van der Waals surface area contributed by atoms with Crippen molar-refractivity contribution in [2.45, 2.75) is 0 Å². The van der Waals surface area contributed by atoms with Crippen molar-refractivity contribution >= 4 is 28.1 Å². The summed E-state index contributed by atoms with van der Waals surface area (Å²) in [5.74, 6) is 0.856. The molecule has 6 nitrogen and oxygen atoms in total. The van der Waals surface area contributed by atoms with Crippen LogP contribution in [-0.4, -0.2) is 59.4 Å². The summed E-state index contributed by atoms with van der Waals surface area (Å²) < 4.78 is 5.79. The van der Waals surface area contributed by atoms with Crippen LogP contribution >= 0.6 is 22.9 Å². The summed E-state index contributed by atoms with van der Waals surface area (Å²) in [6, 6.07) is 13.3. The maximum Gasteiger partial charge on any atom is 0.208 e. The predicted octanol–water partition coefficient (Wildman–Crippen LogP) is 3.45. The van der Waals surface area contributed by atoms with Gasteiger partial charge in [-0.15, -0.1) is 10.2 Å². The van der Waals surface area contributed by atoms with Gasteiger partial charge in [-0.3, -0.25) is 9.88 Å². The van der Waals surface area contributed by atoms with Crippen molar-refractivity contribution in [1.82, 2.24) is 20.1 Å². The second-order valence-electron chi connectivity index (χ2n) is 6.24. The second kappa shape index (κ2) is 8.65. The Morgan fingerprint density at radius 1 is 1.00 bits per heavy atom. The summed E-state index contributed by atoms with van der Waals surface area (Å²) in [4.78, 5) is 9.05. The molecule has 1 saturated heterocycles. The van der Waals surface area contributed by atoms with Crippen molar-refractivity contribution in [2.24, 2.45) is 0 Å². The van der Waals surface area contributed by atoms with E-state index in [9.17, 15) is 0 Å². The first kappa shape index (κ1) is 18.2. The highest BCUT2D eigenvalue weighted by Gasteiger charge is 2.20. The number of anilines is 1. The summed E-state index contributed by atoms with van der Waals surface area (Å²) >= 11 is 7.48. The molecule has 0 saturated carbocycles. The Bertz CT molecular complexity index is 850. The Kier molecular flexibility index (Phi) is 5.81. The smallest absolute Gasteiger partial charge is 0.208 e. The van der Waals surface area contributed by atoms with E-state index < -0.39 is 0 Å². The van der Waals surface area contributed by atoms with Crippen LogP contribution in [0.1, 0.15) is 0 Å². The third-order valence-corrected chi connectivity index (χ3v) is 5.69. The van der Waals surface area contributed by atoms with E-state index in [1.54, 1.807) is 17.5 Å². The van der Waals surface area contributed by atoms with Crippen molar-refractivity contribution in [3.63, 3.8) is 0 Å². The predicted molar refractivity (Wildman–Crippen MR) is 109 cm³/mol. The maximum atomic E-state index is 5.89. The zero-order chi connectivity index (χ0) is 18.5. The molecule has 4 rings (SSSR count). The third kappa shape index (κ3) is 4.74. The van der Waals surface area contributed by atoms with Gasteiger partial charge in [0, 0.05) is 43.9 Å². The number of pyridine rings is 1. The van der Waals surface area contributed by atoms with Gasteiger partial charge in [0.1, 0.15) is 18.1 Å². The fourth-order valence-corrected chi connectivity index (χ4v) is 3.92. The molecule has 2 aromatic heterocycles. The Morgan fingerprint density at radius 3 is 2.56 bits per heavy atom. The Balaban J connectivity index is 1.24. The van der Waals surface area contributed by atoms with E-state index in [0.29, 0.717) is 6.61 Å². The second-order valence-corrected chi connectivity index (χ2v) is 7.63. The van der Waals surface area contributed by atoms with Gasteiger partial charge in [-0.2, -0.15) is 0 Å². The lowest BCUT2D eigenvalue weighted by atomic mass is 10.3. The molecule has 0 unspecified atom stereocenters. The average molecular weight is 402 g/mol. The van der Waals surface area contributed by atoms with Crippen LogP contribution in [-0.2, 0) is 0 Å². The summed E-state index contributed by atoms with van der Waals surface area (Å²) in [7, 11) is 0. The van der Waals surface area contributed by atoms with Crippen LogP contribution < -0.4 is 9.64 Å². The summed E-state index contributed by atoms with van der Waals surface area (Å²) in [6.07, 6.45) is 1.78. The molecule has 1 aliphatic rings. The molecule has 140 valence electrons. The van der Waals surface area contributed by atoms with Gasteiger partial charge in [0.05, 0.1) is 0 Å². The van der Waals surface area contributed by atoms with Crippen LogP contribution in [0, 0.1) is 0 Å². The first-order valence-electron chi connectivity index (χ1n) is 8.88. The fraction of sp³-hybridized carbons (Fsp3) is 0.316. The van der Waals surface area contributed by atoms with Gasteiger partial charge in [-0.1, -0.05) is 29.0 Å². The van der Waals surface area contributed by atoms with Crippen LogP contribution in [0.15, 0.2) is 48.7 Å². The number of halogens is 1. The summed E-state index contributed by atoms with van der Waals surface area (Å²) in [5, 5.41) is 11.2. The Morgan fingerprint density at radius 2 is 1.81 bits per heavy atom. The minimum Gasteiger partial charge on any atom is -0.492 e. The Labute approximate surface area is 167 Å². The molecule has 0 spiro atoms. The average Bonchev–Trinajstić information content (AvgIpc) is 3.21. The molecule has 3 heterocycles. The van der Waals surface area contributed by atoms with E-state index in [-0.39, 0.29) is 0 Å². The quantitative estimate of drug-likeness (QED) is 0.630. The van der Waals surface area contributed by atoms with E-state index >= 15 is 0 Å². The number of hydrogen-bond donors (Lipinski definition) is 0. The number of nitrogens with zero attached hydrogens (tertiary/aromatic N) is 5. The largest absolute Gasteiger partial charge is 0.492 e. The zero-order valence-electron chi connectivity index (χ0n) is 14.8. The lowest BCUT2D eigenvalue weighted by Gasteiger charge is -2.34. The lowest BCUT2D eigenvalue weighted by molar-refractivity contribution is 0.200. The first-order valence-corrected chi connectivity index (χ1v) is 10.1. The van der Waals surface area contributed by atoms with Gasteiger partial charge in [-0.25, -0.2) is 0 Å². The molecular formula is C19H20ClN5OS. The van der Waals surface area contributed by atoms with Gasteiger partial charge < -0.3 is 9.64 Å². The minimum absolute atomic E-state index is 0.671. The molecule has 3 aromatic rings. The normalized spacial score (nSPS) is 15.1. The maximum absolute atomic E-state index is 5.89. The molecule has 1 fully saturated rings. The molecule has 0 amide bonds. The monoisotopic (exact) mass is 401 g/mol. The standard InChI is InChI=1S/C19H20ClN5OS/c20-15-4-6-16(7-5-15)26-14-13-24-9-11-25(12-10-24)19-23-22-18(27-19)17-3-1-2-8-21-17/h1-8H,9-14H2. The summed E-state index contributed by atoms with van der Waals surface area (Å²) in [5.41, 5.74) is 0.874. The van der Waals surface area contributed by atoms with Crippen molar-refractivity contribution < 1.29 is 4.74 Å². The lowest BCUT2D eigenvalue weighted by Crippen LogP contribution is -2.47. The third-order valence-electron chi connectivity index (χ3n) is 4.43. The molecule has 0 bridgehead atoms. The van der Waals surface area contributed by atoms with Crippen LogP contribution in [0.25, 0.3) is 10.7 Å². The van der Waals surface area contributed by atoms with Crippen LogP contribution in [0.4, 0.5) is 5.13 Å². The van der Waals surface area contributed by atoms with E-state index in [1.807, 2.05) is 42.5 Å². The van der Waals surface area contributed by atoms with Gasteiger partial charge in [-0.05, 0) is 36.4 Å². The molecule has 0 N–H and O–H groups in total. The number of ether oxygens (including phenoxy) is 1. The van der Waals surface area contributed by atoms with Crippen molar-refractivity contribution in [3.8, 4) is 16.5 Å². The van der Waals surface area contributed by atoms with Crippen molar-refractivity contribution in [1.29, 1.82) is 0 Å². The molecule has 0 atom stereocenters. The molecule has 0 radical (unpaired) electrons. The molecule has 0 aliphatic carbocycles. The van der Waals surface area contributed by atoms with E-state index in [0.717, 1.165) is 59.3 Å². The van der Waals surface area contributed by atoms with Gasteiger partial charge in [0.2, 0.25) is 5.13 Å². The van der Waals surface area contributed by atoms with Gasteiger partial charge in [0.15, 0.2) is 5.01 Å². The van der Waals surface area contributed by atoms with Crippen molar-refractivity contribution in [2.75, 3.05) is 44.2 Å². The van der Waals surface area contributed by atoms with Crippen molar-refractivity contribution in [3.05, 3.63) is 53.7 Å². The topological polar surface area (TPSA) is 54.4 Å². The fourth-order valence-electron chi connectivity index (χ4n) is 2.92. The van der Waals surface area contributed by atoms with Crippen LogP contribution in [0.5, 0.6) is 5.75 Å². The number of aromatic nitrogens is 3. The number of piperazine rings is 1. The Hall–Kier alpha value is -2.22. The SMILES string of the molecule is Clc1ccc(OCCN2CCN(c3nnc(-c4ccccn4)s3)CC2)cc1. The summed E-state index contributed by atoms with van der Waals surface area (Å²) in [6.45, 7) is 5.44. The van der Waals surface area contributed by atoms with Gasteiger partial charge in [0.25, 0.3) is 0 Å².